The van der Waals surface area contributed by atoms with E-state index < -0.39 is 10.0 Å². The summed E-state index contributed by atoms with van der Waals surface area (Å²) in [4.78, 5) is 2.49. The van der Waals surface area contributed by atoms with Crippen molar-refractivity contribution in [1.29, 1.82) is 0 Å². The largest absolute Gasteiger partial charge is 0.497 e. The average molecular weight is 414 g/mol. The quantitative estimate of drug-likeness (QED) is 0.598. The summed E-state index contributed by atoms with van der Waals surface area (Å²) < 4.78 is 33.9. The number of rotatable bonds is 6. The van der Waals surface area contributed by atoms with Gasteiger partial charge in [0.05, 0.1) is 24.2 Å². The van der Waals surface area contributed by atoms with Gasteiger partial charge in [0, 0.05) is 26.2 Å². The molecule has 0 aliphatic carbocycles. The van der Waals surface area contributed by atoms with Gasteiger partial charge in [-0.15, -0.1) is 5.10 Å². The van der Waals surface area contributed by atoms with Crippen molar-refractivity contribution in [1.82, 2.24) is 29.4 Å². The molecule has 152 valence electrons. The lowest BCUT2D eigenvalue weighted by atomic mass is 10.3. The topological polar surface area (TPSA) is 93.4 Å². The first-order valence-corrected chi connectivity index (χ1v) is 10.7. The van der Waals surface area contributed by atoms with Gasteiger partial charge in [-0.1, -0.05) is 18.2 Å². The molecule has 10 heteroatoms. The monoisotopic (exact) mass is 414 g/mol. The van der Waals surface area contributed by atoms with Crippen molar-refractivity contribution in [3.05, 3.63) is 60.4 Å². The summed E-state index contributed by atoms with van der Waals surface area (Å²) in [7, 11) is -1.84. The molecular weight excluding hydrogens is 392 g/mol. The molecule has 1 aliphatic rings. The van der Waals surface area contributed by atoms with Crippen LogP contribution in [0.2, 0.25) is 0 Å². The third-order valence-electron chi connectivity index (χ3n) is 4.93. The van der Waals surface area contributed by atoms with Gasteiger partial charge < -0.3 is 4.74 Å². The normalized spacial score (nSPS) is 16.0. The molecule has 2 aromatic carbocycles. The predicted octanol–water partition coefficient (Wildman–Crippen LogP) is 1.18. The molecule has 9 nitrogen and oxygen atoms in total. The van der Waals surface area contributed by atoms with Gasteiger partial charge in [-0.3, -0.25) is 4.90 Å². The van der Waals surface area contributed by atoms with Gasteiger partial charge in [-0.25, -0.2) is 8.42 Å². The third kappa shape index (κ3) is 4.14. The fraction of sp³-hybridized carbons (Fsp3) is 0.316. The molecule has 0 bridgehead atoms. The molecule has 0 saturated carbocycles. The Morgan fingerprint density at radius 1 is 0.966 bits per heavy atom. The van der Waals surface area contributed by atoms with Crippen molar-refractivity contribution in [2.75, 3.05) is 33.3 Å². The van der Waals surface area contributed by atoms with Gasteiger partial charge in [0.2, 0.25) is 10.0 Å². The predicted molar refractivity (Wildman–Crippen MR) is 106 cm³/mol. The molecule has 2 heterocycles. The fourth-order valence-electron chi connectivity index (χ4n) is 3.30. The van der Waals surface area contributed by atoms with E-state index in [0.29, 0.717) is 43.4 Å². The molecule has 4 rings (SSSR count). The molecule has 0 atom stereocenters. The number of methoxy groups -OCH3 is 1. The zero-order valence-corrected chi connectivity index (χ0v) is 16.9. The Morgan fingerprint density at radius 3 is 2.31 bits per heavy atom. The Balaban J connectivity index is 1.41. The fourth-order valence-corrected chi connectivity index (χ4v) is 4.74. The highest BCUT2D eigenvalue weighted by Crippen LogP contribution is 2.19. The van der Waals surface area contributed by atoms with E-state index in [1.165, 1.54) is 4.31 Å². The van der Waals surface area contributed by atoms with Gasteiger partial charge >= 0.3 is 0 Å². The number of ether oxygens (including phenoxy) is 1. The minimum absolute atomic E-state index is 0.330. The van der Waals surface area contributed by atoms with E-state index in [2.05, 4.69) is 20.4 Å². The van der Waals surface area contributed by atoms with Crippen LogP contribution < -0.4 is 4.74 Å². The molecule has 0 unspecified atom stereocenters. The Labute approximate surface area is 169 Å². The molecule has 1 aromatic heterocycles. The van der Waals surface area contributed by atoms with E-state index in [-0.39, 0.29) is 0 Å². The zero-order valence-electron chi connectivity index (χ0n) is 16.0. The number of sulfonamides is 1. The van der Waals surface area contributed by atoms with Crippen molar-refractivity contribution in [3.63, 3.8) is 0 Å². The lowest BCUT2D eigenvalue weighted by Crippen LogP contribution is -2.48. The zero-order chi connectivity index (χ0) is 20.3. The van der Waals surface area contributed by atoms with E-state index in [0.717, 1.165) is 11.4 Å². The van der Waals surface area contributed by atoms with Crippen molar-refractivity contribution < 1.29 is 13.2 Å². The highest BCUT2D eigenvalue weighted by Gasteiger charge is 2.29. The minimum atomic E-state index is -3.46. The lowest BCUT2D eigenvalue weighted by molar-refractivity contribution is 0.177. The minimum Gasteiger partial charge on any atom is -0.497 e. The standard InChI is InChI=1S/C19H22N6O3S/c1-28-17-9-7-16(8-10-17)25-19(20-21-22-25)15-23-11-13-24(14-12-23)29(26,27)18-5-3-2-4-6-18/h2-10H,11-15H2,1H3. The first kappa shape index (κ1) is 19.5. The van der Waals surface area contributed by atoms with Crippen LogP contribution in [0, 0.1) is 0 Å². The highest BCUT2D eigenvalue weighted by atomic mass is 32.2. The molecule has 3 aromatic rings. The summed E-state index contributed by atoms with van der Waals surface area (Å²) in [6, 6.07) is 16.0. The summed E-state index contributed by atoms with van der Waals surface area (Å²) in [5.74, 6) is 1.47. The Morgan fingerprint density at radius 2 is 1.66 bits per heavy atom. The maximum absolute atomic E-state index is 12.8. The second kappa shape index (κ2) is 8.27. The number of nitrogens with zero attached hydrogens (tertiary/aromatic N) is 6. The van der Waals surface area contributed by atoms with Crippen LogP contribution >= 0.6 is 0 Å². The summed E-state index contributed by atoms with van der Waals surface area (Å²) in [5.41, 5.74) is 0.844. The number of aromatic nitrogens is 4. The molecule has 0 amide bonds. The highest BCUT2D eigenvalue weighted by molar-refractivity contribution is 7.89. The van der Waals surface area contributed by atoms with E-state index in [4.69, 9.17) is 4.74 Å². The summed E-state index contributed by atoms with van der Waals surface area (Å²) in [5, 5.41) is 12.0. The van der Waals surface area contributed by atoms with Crippen LogP contribution in [0.4, 0.5) is 0 Å². The van der Waals surface area contributed by atoms with Crippen molar-refractivity contribution in [2.24, 2.45) is 0 Å². The smallest absolute Gasteiger partial charge is 0.243 e. The Kier molecular flexibility index (Phi) is 5.56. The lowest BCUT2D eigenvalue weighted by Gasteiger charge is -2.33. The molecule has 1 saturated heterocycles. The first-order chi connectivity index (χ1) is 14.1. The number of tetrazole rings is 1. The summed E-state index contributed by atoms with van der Waals surface area (Å²) in [6.07, 6.45) is 0. The summed E-state index contributed by atoms with van der Waals surface area (Å²) in [6.45, 7) is 2.63. The van der Waals surface area contributed by atoms with Crippen molar-refractivity contribution in [3.8, 4) is 11.4 Å². The van der Waals surface area contributed by atoms with Crippen LogP contribution in [0.5, 0.6) is 5.75 Å². The third-order valence-corrected chi connectivity index (χ3v) is 6.84. The average Bonchev–Trinajstić information content (AvgIpc) is 3.23. The maximum Gasteiger partial charge on any atom is 0.243 e. The molecule has 29 heavy (non-hydrogen) atoms. The van der Waals surface area contributed by atoms with Crippen LogP contribution in [0.3, 0.4) is 0 Å². The van der Waals surface area contributed by atoms with E-state index >= 15 is 0 Å². The van der Waals surface area contributed by atoms with E-state index in [1.807, 2.05) is 30.3 Å². The van der Waals surface area contributed by atoms with Crippen LogP contribution in [0.15, 0.2) is 59.5 Å². The SMILES string of the molecule is COc1ccc(-n2nnnc2CN2CCN(S(=O)(=O)c3ccccc3)CC2)cc1. The molecule has 0 radical (unpaired) electrons. The van der Waals surface area contributed by atoms with Crippen molar-refractivity contribution in [2.45, 2.75) is 11.4 Å². The van der Waals surface area contributed by atoms with E-state index in [1.54, 1.807) is 36.1 Å². The van der Waals surface area contributed by atoms with Gasteiger partial charge in [-0.05, 0) is 46.8 Å². The van der Waals surface area contributed by atoms with Crippen LogP contribution in [-0.4, -0.2) is 71.1 Å². The molecule has 1 aliphatic heterocycles. The molecule has 0 N–H and O–H groups in total. The Hall–Kier alpha value is -2.82. The van der Waals surface area contributed by atoms with Gasteiger partial charge in [-0.2, -0.15) is 8.99 Å². The van der Waals surface area contributed by atoms with Gasteiger partial charge in [0.1, 0.15) is 5.75 Å². The van der Waals surface area contributed by atoms with Crippen molar-refractivity contribution >= 4 is 10.0 Å². The maximum atomic E-state index is 12.8. The Bertz CT molecular complexity index is 1050. The molecule has 1 fully saturated rings. The molecule has 0 spiro atoms. The number of benzene rings is 2. The van der Waals surface area contributed by atoms with Crippen LogP contribution in [0.25, 0.3) is 5.69 Å². The number of hydrogen-bond donors (Lipinski definition) is 0. The number of hydrogen-bond acceptors (Lipinski definition) is 7. The second-order valence-corrected chi connectivity index (χ2v) is 8.64. The van der Waals surface area contributed by atoms with E-state index in [9.17, 15) is 8.42 Å². The van der Waals surface area contributed by atoms with Gasteiger partial charge in [0.25, 0.3) is 0 Å². The first-order valence-electron chi connectivity index (χ1n) is 9.27. The van der Waals surface area contributed by atoms with Gasteiger partial charge in [0.15, 0.2) is 5.82 Å². The molecular formula is C19H22N6O3S. The van der Waals surface area contributed by atoms with Crippen LogP contribution in [-0.2, 0) is 16.6 Å². The summed E-state index contributed by atoms with van der Waals surface area (Å²) >= 11 is 0. The van der Waals surface area contributed by atoms with Crippen LogP contribution in [0.1, 0.15) is 5.82 Å². The number of piperazine rings is 1. The second-order valence-electron chi connectivity index (χ2n) is 6.70.